The zero-order valence-electron chi connectivity index (χ0n) is 9.97. The van der Waals surface area contributed by atoms with Crippen molar-refractivity contribution in [2.75, 3.05) is 0 Å². The standard InChI is InChI=1S/C12H17F2NS/c1-8(15-16-12(2,3)4)9-6-5-7-10(13)11(9)14/h5-8,15H,1-4H3/t8-/m0/s1. The SMILES string of the molecule is C[C@H](NSC(C)(C)C)c1cccc(F)c1F. The quantitative estimate of drug-likeness (QED) is 0.806. The van der Waals surface area contributed by atoms with E-state index in [1.54, 1.807) is 6.07 Å². The summed E-state index contributed by atoms with van der Waals surface area (Å²) in [6.45, 7) is 7.98. The van der Waals surface area contributed by atoms with Gasteiger partial charge in [0, 0.05) is 16.4 Å². The molecule has 0 bridgehead atoms. The van der Waals surface area contributed by atoms with Gasteiger partial charge in [0.15, 0.2) is 11.6 Å². The van der Waals surface area contributed by atoms with E-state index in [1.165, 1.54) is 18.0 Å². The third-order valence-corrected chi connectivity index (χ3v) is 3.07. The fraction of sp³-hybridized carbons (Fsp3) is 0.500. The molecule has 1 atom stereocenters. The van der Waals surface area contributed by atoms with E-state index in [1.807, 2.05) is 6.92 Å². The first kappa shape index (κ1) is 13.5. The summed E-state index contributed by atoms with van der Waals surface area (Å²) in [6, 6.07) is 4.02. The van der Waals surface area contributed by atoms with E-state index in [0.717, 1.165) is 6.07 Å². The molecule has 0 heterocycles. The van der Waals surface area contributed by atoms with Gasteiger partial charge < -0.3 is 0 Å². The van der Waals surface area contributed by atoms with Crippen molar-refractivity contribution in [1.82, 2.24) is 4.72 Å². The van der Waals surface area contributed by atoms with Crippen molar-refractivity contribution in [2.24, 2.45) is 0 Å². The van der Waals surface area contributed by atoms with Crippen molar-refractivity contribution in [2.45, 2.75) is 38.5 Å². The van der Waals surface area contributed by atoms with Crippen LogP contribution in [0.2, 0.25) is 0 Å². The maximum Gasteiger partial charge on any atom is 0.163 e. The molecule has 0 aromatic heterocycles. The maximum atomic E-state index is 13.4. The van der Waals surface area contributed by atoms with Crippen LogP contribution < -0.4 is 4.72 Å². The van der Waals surface area contributed by atoms with Gasteiger partial charge in [-0.1, -0.05) is 24.1 Å². The first-order valence-corrected chi connectivity index (χ1v) is 6.00. The number of hydrogen-bond donors (Lipinski definition) is 1. The molecule has 0 aliphatic heterocycles. The summed E-state index contributed by atoms with van der Waals surface area (Å²) < 4.78 is 29.6. The highest BCUT2D eigenvalue weighted by Crippen LogP contribution is 2.26. The Kier molecular flexibility index (Phi) is 4.33. The van der Waals surface area contributed by atoms with Gasteiger partial charge in [-0.25, -0.2) is 8.78 Å². The molecule has 0 saturated carbocycles. The van der Waals surface area contributed by atoms with E-state index in [-0.39, 0.29) is 10.8 Å². The van der Waals surface area contributed by atoms with Crippen LogP contribution >= 0.6 is 11.9 Å². The van der Waals surface area contributed by atoms with Gasteiger partial charge >= 0.3 is 0 Å². The summed E-state index contributed by atoms with van der Waals surface area (Å²) in [5.74, 6) is -1.57. The molecule has 0 radical (unpaired) electrons. The summed E-state index contributed by atoms with van der Waals surface area (Å²) in [5, 5.41) is 0. The van der Waals surface area contributed by atoms with Crippen LogP contribution in [0.15, 0.2) is 18.2 Å². The Bertz CT molecular complexity index is 361. The van der Waals surface area contributed by atoms with Crippen molar-refractivity contribution < 1.29 is 8.78 Å². The molecule has 1 N–H and O–H groups in total. The molecule has 1 nitrogen and oxygen atoms in total. The fourth-order valence-corrected chi connectivity index (χ4v) is 1.84. The minimum Gasteiger partial charge on any atom is -0.256 e. The van der Waals surface area contributed by atoms with E-state index >= 15 is 0 Å². The second-order valence-corrected chi connectivity index (χ2v) is 6.36. The van der Waals surface area contributed by atoms with E-state index in [0.29, 0.717) is 5.56 Å². The van der Waals surface area contributed by atoms with Crippen molar-refractivity contribution in [3.8, 4) is 0 Å². The molecule has 0 saturated heterocycles. The smallest absolute Gasteiger partial charge is 0.163 e. The average molecular weight is 245 g/mol. The molecule has 0 aliphatic carbocycles. The molecule has 0 spiro atoms. The second-order valence-electron chi connectivity index (χ2n) is 4.70. The number of hydrogen-bond acceptors (Lipinski definition) is 2. The Labute approximate surface area is 99.8 Å². The van der Waals surface area contributed by atoms with E-state index in [4.69, 9.17) is 0 Å². The lowest BCUT2D eigenvalue weighted by Gasteiger charge is -2.22. The molecule has 4 heteroatoms. The number of nitrogens with one attached hydrogen (secondary N) is 1. The molecule has 1 aromatic carbocycles. The van der Waals surface area contributed by atoms with Gasteiger partial charge in [0.1, 0.15) is 0 Å². The lowest BCUT2D eigenvalue weighted by molar-refractivity contribution is 0.489. The predicted molar refractivity (Wildman–Crippen MR) is 65.3 cm³/mol. The monoisotopic (exact) mass is 245 g/mol. The van der Waals surface area contributed by atoms with Gasteiger partial charge in [-0.05, 0) is 33.8 Å². The first-order chi connectivity index (χ1) is 7.31. The summed E-state index contributed by atoms with van der Waals surface area (Å²) in [6.07, 6.45) is 0. The summed E-state index contributed by atoms with van der Waals surface area (Å²) in [5.41, 5.74) is 0.358. The summed E-state index contributed by atoms with van der Waals surface area (Å²) in [7, 11) is 0. The van der Waals surface area contributed by atoms with Gasteiger partial charge in [0.25, 0.3) is 0 Å². The molecular formula is C12H17F2NS. The number of benzene rings is 1. The van der Waals surface area contributed by atoms with Crippen molar-refractivity contribution in [3.63, 3.8) is 0 Å². The molecule has 0 amide bonds. The fourth-order valence-electron chi connectivity index (χ4n) is 1.18. The number of halogens is 2. The van der Waals surface area contributed by atoms with Gasteiger partial charge in [-0.3, -0.25) is 4.72 Å². The van der Waals surface area contributed by atoms with Crippen LogP contribution in [-0.4, -0.2) is 4.75 Å². The highest BCUT2D eigenvalue weighted by Gasteiger charge is 2.17. The largest absolute Gasteiger partial charge is 0.256 e. The molecule has 16 heavy (non-hydrogen) atoms. The molecular weight excluding hydrogens is 228 g/mol. The summed E-state index contributed by atoms with van der Waals surface area (Å²) in [4.78, 5) is 0. The third kappa shape index (κ3) is 3.76. The minimum atomic E-state index is -0.799. The van der Waals surface area contributed by atoms with Gasteiger partial charge in [-0.15, -0.1) is 0 Å². The van der Waals surface area contributed by atoms with Crippen LogP contribution in [0.4, 0.5) is 8.78 Å². The molecule has 0 unspecified atom stereocenters. The van der Waals surface area contributed by atoms with E-state index < -0.39 is 11.6 Å². The lowest BCUT2D eigenvalue weighted by Crippen LogP contribution is -2.20. The van der Waals surface area contributed by atoms with Crippen molar-refractivity contribution in [3.05, 3.63) is 35.4 Å². The Hall–Kier alpha value is -0.610. The lowest BCUT2D eigenvalue weighted by atomic mass is 10.1. The first-order valence-electron chi connectivity index (χ1n) is 5.18. The van der Waals surface area contributed by atoms with Crippen LogP contribution in [0, 0.1) is 11.6 Å². The average Bonchev–Trinajstić information content (AvgIpc) is 2.17. The Morgan fingerprint density at radius 2 is 1.88 bits per heavy atom. The summed E-state index contributed by atoms with van der Waals surface area (Å²) >= 11 is 1.51. The Morgan fingerprint density at radius 3 is 2.44 bits per heavy atom. The topological polar surface area (TPSA) is 12.0 Å². The van der Waals surface area contributed by atoms with Gasteiger partial charge in [-0.2, -0.15) is 0 Å². The minimum absolute atomic E-state index is 0.0397. The van der Waals surface area contributed by atoms with Crippen LogP contribution in [0.25, 0.3) is 0 Å². The van der Waals surface area contributed by atoms with E-state index in [2.05, 4.69) is 25.5 Å². The maximum absolute atomic E-state index is 13.4. The molecule has 0 aliphatic rings. The van der Waals surface area contributed by atoms with E-state index in [9.17, 15) is 8.78 Å². The van der Waals surface area contributed by atoms with Crippen LogP contribution in [0.3, 0.4) is 0 Å². The third-order valence-electron chi connectivity index (χ3n) is 1.99. The predicted octanol–water partition coefficient (Wildman–Crippen LogP) is 4.06. The zero-order chi connectivity index (χ0) is 12.3. The Morgan fingerprint density at radius 1 is 1.25 bits per heavy atom. The van der Waals surface area contributed by atoms with Gasteiger partial charge in [0.05, 0.1) is 0 Å². The number of rotatable bonds is 3. The highest BCUT2D eigenvalue weighted by molar-refractivity contribution is 7.98. The zero-order valence-corrected chi connectivity index (χ0v) is 10.8. The van der Waals surface area contributed by atoms with Crippen molar-refractivity contribution >= 4 is 11.9 Å². The molecule has 1 rings (SSSR count). The normalized spacial score (nSPS) is 13.9. The highest BCUT2D eigenvalue weighted by atomic mass is 32.2. The van der Waals surface area contributed by atoms with Crippen LogP contribution in [0.1, 0.15) is 39.3 Å². The molecule has 0 fully saturated rings. The van der Waals surface area contributed by atoms with Gasteiger partial charge in [0.2, 0.25) is 0 Å². The van der Waals surface area contributed by atoms with Crippen molar-refractivity contribution in [1.29, 1.82) is 0 Å². The molecule has 90 valence electrons. The Balaban J connectivity index is 2.73. The molecule has 1 aromatic rings. The van der Waals surface area contributed by atoms with Crippen LogP contribution in [-0.2, 0) is 0 Å². The van der Waals surface area contributed by atoms with Crippen LogP contribution in [0.5, 0.6) is 0 Å². The second kappa shape index (κ2) is 5.15.